The Hall–Kier alpha value is -2.09. The molecule has 0 spiro atoms. The molecule has 2 aromatic carbocycles. The van der Waals surface area contributed by atoms with Crippen LogP contribution in [0, 0.1) is 0 Å². The van der Waals surface area contributed by atoms with Crippen molar-refractivity contribution in [2.24, 2.45) is 0 Å². The standard InChI is InChI=1S/C18H20B2N2/c1-15(17-9-5-3-6-10-17)21(19)13-14-22(20)16(2)18-11-7-4-8-12-18/h3-12H,13-14H2,1-2H3/q+2/b21-15-,22-16-. The molecule has 2 aromatic rings. The molecule has 22 heavy (non-hydrogen) atoms. The van der Waals surface area contributed by atoms with Crippen molar-refractivity contribution < 1.29 is 8.97 Å². The Balaban J connectivity index is 2.09. The third kappa shape index (κ3) is 4.20. The third-order valence-electron chi connectivity index (χ3n) is 3.83. The van der Waals surface area contributed by atoms with Crippen LogP contribution in [0.3, 0.4) is 0 Å². The average Bonchev–Trinajstić information content (AvgIpc) is 2.59. The number of nitrogens with zero attached hydrogens (tertiary/aromatic N) is 2. The predicted molar refractivity (Wildman–Crippen MR) is 94.2 cm³/mol. The van der Waals surface area contributed by atoms with E-state index in [1.54, 1.807) is 8.97 Å². The lowest BCUT2D eigenvalue weighted by Crippen LogP contribution is -2.28. The molecule has 0 aliphatic rings. The first-order chi connectivity index (χ1) is 10.6. The van der Waals surface area contributed by atoms with Gasteiger partial charge in [-0.15, -0.1) is 0 Å². The Labute approximate surface area is 135 Å². The summed E-state index contributed by atoms with van der Waals surface area (Å²) < 4.78 is 3.49. The molecule has 0 heterocycles. The Kier molecular flexibility index (Phi) is 5.76. The van der Waals surface area contributed by atoms with Gasteiger partial charge < -0.3 is 8.97 Å². The number of rotatable bonds is 5. The molecule has 0 aliphatic carbocycles. The molecule has 0 atom stereocenters. The Morgan fingerprint density at radius 3 is 1.32 bits per heavy atom. The van der Waals surface area contributed by atoms with Gasteiger partial charge in [-0.3, -0.25) is 0 Å². The van der Waals surface area contributed by atoms with E-state index in [1.807, 2.05) is 50.2 Å². The van der Waals surface area contributed by atoms with Crippen molar-refractivity contribution in [1.29, 1.82) is 0 Å². The van der Waals surface area contributed by atoms with Gasteiger partial charge in [-0.1, -0.05) is 36.4 Å². The van der Waals surface area contributed by atoms with E-state index >= 15 is 0 Å². The van der Waals surface area contributed by atoms with Gasteiger partial charge in [0.15, 0.2) is 24.5 Å². The van der Waals surface area contributed by atoms with Crippen LogP contribution < -0.4 is 0 Å². The van der Waals surface area contributed by atoms with Gasteiger partial charge in [0.25, 0.3) is 0 Å². The fraction of sp³-hybridized carbons (Fsp3) is 0.222. The normalized spacial score (nSPS) is 13.4. The fourth-order valence-electron chi connectivity index (χ4n) is 2.24. The molecular formula is C18H20B2N2+2. The minimum Gasteiger partial charge on any atom is -0.315 e. The quantitative estimate of drug-likeness (QED) is 0.587. The van der Waals surface area contributed by atoms with Crippen LogP contribution in [-0.4, -0.2) is 49.4 Å². The summed E-state index contributed by atoms with van der Waals surface area (Å²) in [5.74, 6) is 0. The second-order valence-corrected chi connectivity index (χ2v) is 5.29. The summed E-state index contributed by atoms with van der Waals surface area (Å²) in [6.07, 6.45) is 0. The molecule has 4 heteroatoms. The highest BCUT2D eigenvalue weighted by atomic mass is 15.0. The van der Waals surface area contributed by atoms with E-state index in [2.05, 4.69) is 24.3 Å². The summed E-state index contributed by atoms with van der Waals surface area (Å²) in [7, 11) is 12.3. The van der Waals surface area contributed by atoms with E-state index in [0.29, 0.717) is 13.1 Å². The lowest BCUT2D eigenvalue weighted by atomic mass is 10.1. The Bertz CT molecular complexity index is 615. The van der Waals surface area contributed by atoms with Gasteiger partial charge >= 0.3 is 16.0 Å². The highest BCUT2D eigenvalue weighted by molar-refractivity contribution is 6.06. The lowest BCUT2D eigenvalue weighted by molar-refractivity contribution is -0.456. The molecule has 0 fully saturated rings. The van der Waals surface area contributed by atoms with Crippen molar-refractivity contribution in [2.75, 3.05) is 13.1 Å². The summed E-state index contributed by atoms with van der Waals surface area (Å²) >= 11 is 0. The van der Waals surface area contributed by atoms with Crippen LogP contribution in [0.5, 0.6) is 0 Å². The summed E-state index contributed by atoms with van der Waals surface area (Å²) in [6.45, 7) is 5.34. The molecule has 0 unspecified atom stereocenters. The van der Waals surface area contributed by atoms with E-state index in [4.69, 9.17) is 16.0 Å². The molecule has 0 N–H and O–H groups in total. The minimum absolute atomic E-state index is 0.654. The second-order valence-electron chi connectivity index (χ2n) is 5.29. The Morgan fingerprint density at radius 2 is 1.00 bits per heavy atom. The smallest absolute Gasteiger partial charge is 0.315 e. The van der Waals surface area contributed by atoms with E-state index in [9.17, 15) is 0 Å². The highest BCUT2D eigenvalue weighted by Gasteiger charge is 2.12. The van der Waals surface area contributed by atoms with Crippen LogP contribution >= 0.6 is 0 Å². The van der Waals surface area contributed by atoms with Gasteiger partial charge in [-0.2, -0.15) is 0 Å². The average molecular weight is 286 g/mol. The van der Waals surface area contributed by atoms with Crippen molar-refractivity contribution in [3.05, 3.63) is 71.8 Å². The molecule has 0 saturated heterocycles. The van der Waals surface area contributed by atoms with Crippen LogP contribution in [0.15, 0.2) is 60.7 Å². The summed E-state index contributed by atoms with van der Waals surface area (Å²) in [4.78, 5) is 0. The molecule has 4 radical (unpaired) electrons. The van der Waals surface area contributed by atoms with E-state index in [0.717, 1.165) is 22.6 Å². The number of hydrogen-bond acceptors (Lipinski definition) is 0. The monoisotopic (exact) mass is 286 g/mol. The zero-order chi connectivity index (χ0) is 15.9. The first kappa shape index (κ1) is 16.3. The van der Waals surface area contributed by atoms with Gasteiger partial charge in [-0.25, -0.2) is 0 Å². The maximum absolute atomic E-state index is 6.14. The van der Waals surface area contributed by atoms with Gasteiger partial charge in [0.05, 0.1) is 0 Å². The molecule has 2 rings (SSSR count). The highest BCUT2D eigenvalue weighted by Crippen LogP contribution is 2.01. The molecule has 2 nitrogen and oxygen atoms in total. The maximum Gasteiger partial charge on any atom is 0.580 e. The zero-order valence-electron chi connectivity index (χ0n) is 13.2. The molecule has 0 aromatic heterocycles. The predicted octanol–water partition coefficient (Wildman–Crippen LogP) is 2.20. The van der Waals surface area contributed by atoms with Crippen LogP contribution in [0.2, 0.25) is 0 Å². The summed E-state index contributed by atoms with van der Waals surface area (Å²) in [6, 6.07) is 20.2. The topological polar surface area (TPSA) is 6.02 Å². The zero-order valence-corrected chi connectivity index (χ0v) is 13.2. The maximum atomic E-state index is 6.14. The fourth-order valence-corrected chi connectivity index (χ4v) is 2.24. The van der Waals surface area contributed by atoms with E-state index in [-0.39, 0.29) is 0 Å². The summed E-state index contributed by atoms with van der Waals surface area (Å²) in [5, 5.41) is 0. The molecule has 0 amide bonds. The number of benzene rings is 2. The molecule has 106 valence electrons. The first-order valence-corrected chi connectivity index (χ1v) is 7.42. The van der Waals surface area contributed by atoms with Crippen molar-refractivity contribution >= 4 is 27.4 Å². The van der Waals surface area contributed by atoms with E-state index in [1.165, 1.54) is 0 Å². The van der Waals surface area contributed by atoms with Crippen LogP contribution in [0.25, 0.3) is 0 Å². The van der Waals surface area contributed by atoms with Crippen molar-refractivity contribution in [2.45, 2.75) is 13.8 Å². The molecular weight excluding hydrogens is 266 g/mol. The minimum atomic E-state index is 0.654. The van der Waals surface area contributed by atoms with Gasteiger partial charge in [0, 0.05) is 25.0 Å². The van der Waals surface area contributed by atoms with Crippen LogP contribution in [-0.2, 0) is 0 Å². The largest absolute Gasteiger partial charge is 0.580 e. The van der Waals surface area contributed by atoms with Crippen molar-refractivity contribution in [3.8, 4) is 0 Å². The van der Waals surface area contributed by atoms with Gasteiger partial charge in [0.2, 0.25) is 0 Å². The van der Waals surface area contributed by atoms with Crippen molar-refractivity contribution in [1.82, 2.24) is 0 Å². The van der Waals surface area contributed by atoms with Crippen molar-refractivity contribution in [3.63, 3.8) is 0 Å². The molecule has 0 saturated carbocycles. The first-order valence-electron chi connectivity index (χ1n) is 7.42. The Morgan fingerprint density at radius 1 is 0.682 bits per heavy atom. The van der Waals surface area contributed by atoms with E-state index < -0.39 is 0 Å². The van der Waals surface area contributed by atoms with Crippen LogP contribution in [0.4, 0.5) is 0 Å². The number of hydrogen-bond donors (Lipinski definition) is 0. The third-order valence-corrected chi connectivity index (χ3v) is 3.83. The van der Waals surface area contributed by atoms with Gasteiger partial charge in [-0.05, 0) is 24.3 Å². The second kappa shape index (κ2) is 7.79. The SMILES string of the molecule is [B]/[N+](CC/[N+]([B])=C(\C)c1ccccc1)=C(/C)c1ccccc1. The lowest BCUT2D eigenvalue weighted by Gasteiger charge is -2.06. The van der Waals surface area contributed by atoms with Gasteiger partial charge in [0.1, 0.15) is 0 Å². The summed E-state index contributed by atoms with van der Waals surface area (Å²) in [5.41, 5.74) is 4.31. The molecule has 0 bridgehead atoms. The molecule has 0 aliphatic heterocycles. The van der Waals surface area contributed by atoms with Crippen LogP contribution in [0.1, 0.15) is 25.0 Å².